The van der Waals surface area contributed by atoms with Gasteiger partial charge in [-0.3, -0.25) is 4.79 Å². The van der Waals surface area contributed by atoms with Crippen molar-refractivity contribution >= 4 is 11.6 Å². The lowest BCUT2D eigenvalue weighted by molar-refractivity contribution is 0.0989. The molecular formula is C29H39NO3. The lowest BCUT2D eigenvalue weighted by Gasteiger charge is -2.22. The molecule has 0 aliphatic heterocycles. The zero-order valence-corrected chi connectivity index (χ0v) is 20.8. The van der Waals surface area contributed by atoms with Gasteiger partial charge in [0, 0.05) is 18.3 Å². The molecule has 2 aromatic carbocycles. The predicted octanol–water partition coefficient (Wildman–Crippen LogP) is 7.34. The van der Waals surface area contributed by atoms with Gasteiger partial charge in [-0.05, 0) is 76.6 Å². The van der Waals surface area contributed by atoms with Crippen molar-refractivity contribution in [2.75, 3.05) is 11.9 Å². The summed E-state index contributed by atoms with van der Waals surface area (Å²) < 4.78 is 0. The summed E-state index contributed by atoms with van der Waals surface area (Å²) in [5.74, 6) is -0.329. The van der Waals surface area contributed by atoms with Crippen molar-refractivity contribution in [1.29, 1.82) is 0 Å². The molecule has 2 rings (SSSR count). The molecule has 2 aromatic rings. The molecule has 1 amide bonds. The molecule has 0 fully saturated rings. The van der Waals surface area contributed by atoms with E-state index in [1.54, 1.807) is 18.0 Å². The van der Waals surface area contributed by atoms with Crippen molar-refractivity contribution in [1.82, 2.24) is 0 Å². The molecule has 2 N–H and O–H groups in total. The Morgan fingerprint density at radius 3 is 2.36 bits per heavy atom. The summed E-state index contributed by atoms with van der Waals surface area (Å²) in [4.78, 5) is 15.0. The van der Waals surface area contributed by atoms with Crippen LogP contribution in [-0.4, -0.2) is 23.2 Å². The van der Waals surface area contributed by atoms with Gasteiger partial charge in [0.05, 0.1) is 5.56 Å². The van der Waals surface area contributed by atoms with Crippen LogP contribution in [0.1, 0.15) is 81.3 Å². The molecule has 0 spiro atoms. The Labute approximate surface area is 199 Å². The highest BCUT2D eigenvalue weighted by molar-refractivity contribution is 6.09. The summed E-state index contributed by atoms with van der Waals surface area (Å²) in [6.45, 7) is 8.35. The Hall–Kier alpha value is -3.01. The third-order valence-electron chi connectivity index (χ3n) is 5.92. The number of carbonyl (C=O) groups is 1. The van der Waals surface area contributed by atoms with Crippen molar-refractivity contribution < 1.29 is 15.0 Å². The first-order chi connectivity index (χ1) is 15.8. The number of allylic oxidation sites excluding steroid dienone is 4. The Morgan fingerprint density at radius 1 is 1.03 bits per heavy atom. The van der Waals surface area contributed by atoms with Crippen molar-refractivity contribution in [3.8, 4) is 11.5 Å². The smallest absolute Gasteiger partial charge is 0.262 e. The van der Waals surface area contributed by atoms with E-state index >= 15 is 0 Å². The second-order valence-electron chi connectivity index (χ2n) is 8.99. The lowest BCUT2D eigenvalue weighted by Crippen LogP contribution is -2.27. The van der Waals surface area contributed by atoms with Crippen LogP contribution in [0, 0.1) is 0 Å². The van der Waals surface area contributed by atoms with Gasteiger partial charge in [0.1, 0.15) is 11.5 Å². The van der Waals surface area contributed by atoms with E-state index in [-0.39, 0.29) is 17.4 Å². The SMILES string of the molecule is CCCCCc1cc(O)c(C/C=C(\C)CCC=C(C)C)c(O)c1C(=O)N(C)c1ccccc1. The number of carbonyl (C=O) groups excluding carboxylic acids is 1. The Kier molecular flexibility index (Phi) is 10.2. The minimum atomic E-state index is -0.268. The van der Waals surface area contributed by atoms with Crippen LogP contribution in [0.15, 0.2) is 59.7 Å². The summed E-state index contributed by atoms with van der Waals surface area (Å²) >= 11 is 0. The molecule has 4 heteroatoms. The third-order valence-corrected chi connectivity index (χ3v) is 5.92. The van der Waals surface area contributed by atoms with Gasteiger partial charge in [-0.2, -0.15) is 0 Å². The number of unbranched alkanes of at least 4 members (excludes halogenated alkanes) is 2. The molecule has 0 atom stereocenters. The number of nitrogens with zero attached hydrogens (tertiary/aromatic N) is 1. The maximum Gasteiger partial charge on any atom is 0.262 e. The number of aromatic hydroxyl groups is 2. The number of hydrogen-bond acceptors (Lipinski definition) is 3. The summed E-state index contributed by atoms with van der Waals surface area (Å²) in [5, 5.41) is 21.9. The van der Waals surface area contributed by atoms with Gasteiger partial charge < -0.3 is 15.1 Å². The van der Waals surface area contributed by atoms with Crippen LogP contribution in [0.2, 0.25) is 0 Å². The largest absolute Gasteiger partial charge is 0.508 e. The fourth-order valence-corrected chi connectivity index (χ4v) is 3.85. The van der Waals surface area contributed by atoms with E-state index in [4.69, 9.17) is 0 Å². The number of para-hydroxylation sites is 1. The molecule has 0 saturated heterocycles. The molecule has 4 nitrogen and oxygen atoms in total. The van der Waals surface area contributed by atoms with E-state index in [2.05, 4.69) is 33.8 Å². The van der Waals surface area contributed by atoms with Crippen LogP contribution in [0.25, 0.3) is 0 Å². The number of hydrogen-bond donors (Lipinski definition) is 2. The molecule has 178 valence electrons. The fraction of sp³-hybridized carbons (Fsp3) is 0.414. The molecule has 0 heterocycles. The predicted molar refractivity (Wildman–Crippen MR) is 138 cm³/mol. The highest BCUT2D eigenvalue weighted by Crippen LogP contribution is 2.36. The number of rotatable bonds is 11. The molecule has 0 radical (unpaired) electrons. The number of amides is 1. The monoisotopic (exact) mass is 449 g/mol. The molecule has 0 aliphatic carbocycles. The zero-order valence-electron chi connectivity index (χ0n) is 20.8. The van der Waals surface area contributed by atoms with E-state index < -0.39 is 0 Å². The van der Waals surface area contributed by atoms with Crippen LogP contribution in [0.5, 0.6) is 11.5 Å². The van der Waals surface area contributed by atoms with Gasteiger partial charge >= 0.3 is 0 Å². The van der Waals surface area contributed by atoms with Crippen LogP contribution in [0.4, 0.5) is 5.69 Å². The molecule has 0 saturated carbocycles. The Balaban J connectivity index is 2.40. The maximum absolute atomic E-state index is 13.5. The number of anilines is 1. The number of phenols is 2. The number of aryl methyl sites for hydroxylation is 1. The molecular weight excluding hydrogens is 410 g/mol. The molecule has 0 aromatic heterocycles. The van der Waals surface area contributed by atoms with Gasteiger partial charge in [0.15, 0.2) is 0 Å². The van der Waals surface area contributed by atoms with Crippen LogP contribution in [0.3, 0.4) is 0 Å². The summed E-state index contributed by atoms with van der Waals surface area (Å²) in [5.41, 5.74) is 4.63. The Morgan fingerprint density at radius 2 is 1.73 bits per heavy atom. The quantitative estimate of drug-likeness (QED) is 0.279. The van der Waals surface area contributed by atoms with E-state index in [9.17, 15) is 15.0 Å². The number of phenolic OH excluding ortho intramolecular Hbond substituents is 2. The van der Waals surface area contributed by atoms with Gasteiger partial charge in [-0.15, -0.1) is 0 Å². The van der Waals surface area contributed by atoms with Gasteiger partial charge in [0.2, 0.25) is 0 Å². The number of benzene rings is 2. The topological polar surface area (TPSA) is 60.8 Å². The molecule has 0 unspecified atom stereocenters. The molecule has 33 heavy (non-hydrogen) atoms. The summed E-state index contributed by atoms with van der Waals surface area (Å²) in [6.07, 6.45) is 10.1. The first kappa shape index (κ1) is 26.2. The lowest BCUT2D eigenvalue weighted by atomic mass is 9.94. The minimum Gasteiger partial charge on any atom is -0.508 e. The molecule has 0 aliphatic rings. The van der Waals surface area contributed by atoms with Crippen molar-refractivity contribution in [2.45, 2.75) is 72.6 Å². The van der Waals surface area contributed by atoms with E-state index in [1.165, 1.54) is 11.1 Å². The second kappa shape index (κ2) is 12.9. The fourth-order valence-electron chi connectivity index (χ4n) is 3.85. The van der Waals surface area contributed by atoms with Crippen LogP contribution < -0.4 is 4.90 Å². The minimum absolute atomic E-state index is 0.0475. The van der Waals surface area contributed by atoms with Crippen molar-refractivity contribution in [3.63, 3.8) is 0 Å². The summed E-state index contributed by atoms with van der Waals surface area (Å²) in [7, 11) is 1.72. The van der Waals surface area contributed by atoms with Crippen LogP contribution in [-0.2, 0) is 12.8 Å². The Bertz CT molecular complexity index is 986. The van der Waals surface area contributed by atoms with Crippen LogP contribution >= 0.6 is 0 Å². The first-order valence-electron chi connectivity index (χ1n) is 11.9. The van der Waals surface area contributed by atoms with Crippen molar-refractivity contribution in [2.24, 2.45) is 0 Å². The van der Waals surface area contributed by atoms with Gasteiger partial charge in [0.25, 0.3) is 5.91 Å². The highest BCUT2D eigenvalue weighted by Gasteiger charge is 2.25. The van der Waals surface area contributed by atoms with Crippen molar-refractivity contribution in [3.05, 3.63) is 76.4 Å². The third kappa shape index (κ3) is 7.52. The van der Waals surface area contributed by atoms with E-state index in [0.29, 0.717) is 29.5 Å². The van der Waals surface area contributed by atoms with Gasteiger partial charge in [-0.25, -0.2) is 0 Å². The maximum atomic E-state index is 13.5. The average molecular weight is 450 g/mol. The van der Waals surface area contributed by atoms with E-state index in [1.807, 2.05) is 36.4 Å². The second-order valence-corrected chi connectivity index (χ2v) is 8.99. The molecule has 0 bridgehead atoms. The standard InChI is InChI=1S/C29H39NO3/c1-6-7-9-15-23-20-26(31)25(19-18-22(4)14-12-13-21(2)3)28(32)27(23)29(33)30(5)24-16-10-8-11-17-24/h8,10-11,13,16-18,20,31-32H,6-7,9,12,14-15,19H2,1-5H3/b22-18+. The zero-order chi connectivity index (χ0) is 24.4. The average Bonchev–Trinajstić information content (AvgIpc) is 2.78. The van der Waals surface area contributed by atoms with Gasteiger partial charge in [-0.1, -0.05) is 61.3 Å². The first-order valence-corrected chi connectivity index (χ1v) is 11.9. The van der Waals surface area contributed by atoms with E-state index in [0.717, 1.165) is 37.8 Å². The summed E-state index contributed by atoms with van der Waals surface area (Å²) in [6, 6.07) is 11.1. The highest BCUT2D eigenvalue weighted by atomic mass is 16.3. The normalized spacial score (nSPS) is 11.4.